The summed E-state index contributed by atoms with van der Waals surface area (Å²) in [5.41, 5.74) is 1.55. The quantitative estimate of drug-likeness (QED) is 0.745. The molecule has 1 aromatic carbocycles. The Hall–Kier alpha value is -3.03. The molecule has 3 rings (SSSR count). The zero-order valence-electron chi connectivity index (χ0n) is 10.3. The SMILES string of the molecule is O=C(O)Cn1nnnc1-c1cnn(-c2ccccc2)c1. The maximum atomic E-state index is 10.7. The van der Waals surface area contributed by atoms with Crippen LogP contribution >= 0.6 is 0 Å². The van der Waals surface area contributed by atoms with Crippen molar-refractivity contribution in [1.82, 2.24) is 30.0 Å². The van der Waals surface area contributed by atoms with Crippen molar-refractivity contribution in [3.05, 3.63) is 42.7 Å². The number of tetrazole rings is 1. The van der Waals surface area contributed by atoms with Crippen LogP contribution in [-0.2, 0) is 11.3 Å². The molecule has 20 heavy (non-hydrogen) atoms. The maximum absolute atomic E-state index is 10.7. The fourth-order valence-corrected chi connectivity index (χ4v) is 1.81. The zero-order valence-corrected chi connectivity index (χ0v) is 10.3. The second kappa shape index (κ2) is 4.92. The number of hydrogen-bond acceptors (Lipinski definition) is 5. The Bertz CT molecular complexity index is 733. The Morgan fingerprint density at radius 2 is 2.05 bits per heavy atom. The van der Waals surface area contributed by atoms with Crippen molar-refractivity contribution in [1.29, 1.82) is 0 Å². The lowest BCUT2D eigenvalue weighted by atomic mass is 10.3. The predicted octanol–water partition coefficient (Wildman–Crippen LogP) is 0.610. The Balaban J connectivity index is 1.95. The van der Waals surface area contributed by atoms with E-state index in [2.05, 4.69) is 20.6 Å². The van der Waals surface area contributed by atoms with E-state index in [1.807, 2.05) is 30.3 Å². The number of aromatic nitrogens is 6. The predicted molar refractivity (Wildman–Crippen MR) is 68.0 cm³/mol. The fourth-order valence-electron chi connectivity index (χ4n) is 1.81. The van der Waals surface area contributed by atoms with Crippen LogP contribution < -0.4 is 0 Å². The molecule has 100 valence electrons. The van der Waals surface area contributed by atoms with Gasteiger partial charge in [0.05, 0.1) is 17.4 Å². The van der Waals surface area contributed by atoms with Gasteiger partial charge in [-0.3, -0.25) is 4.79 Å². The summed E-state index contributed by atoms with van der Waals surface area (Å²) < 4.78 is 2.89. The first kappa shape index (κ1) is 12.0. The summed E-state index contributed by atoms with van der Waals surface area (Å²) in [6.45, 7) is -0.293. The van der Waals surface area contributed by atoms with Crippen molar-refractivity contribution in [2.45, 2.75) is 6.54 Å². The minimum atomic E-state index is -1.01. The van der Waals surface area contributed by atoms with E-state index in [9.17, 15) is 4.79 Å². The highest BCUT2D eigenvalue weighted by Crippen LogP contribution is 2.16. The van der Waals surface area contributed by atoms with Crippen molar-refractivity contribution in [2.75, 3.05) is 0 Å². The molecule has 0 saturated heterocycles. The van der Waals surface area contributed by atoms with Crippen LogP contribution in [-0.4, -0.2) is 41.1 Å². The van der Waals surface area contributed by atoms with Crippen LogP contribution in [0.3, 0.4) is 0 Å². The lowest BCUT2D eigenvalue weighted by Crippen LogP contribution is -2.11. The van der Waals surface area contributed by atoms with Gasteiger partial charge in [0.2, 0.25) is 0 Å². The van der Waals surface area contributed by atoms with E-state index in [1.54, 1.807) is 17.1 Å². The highest BCUT2D eigenvalue weighted by molar-refractivity contribution is 5.67. The van der Waals surface area contributed by atoms with Gasteiger partial charge in [-0.15, -0.1) is 5.10 Å². The molecule has 0 saturated carbocycles. The van der Waals surface area contributed by atoms with Crippen molar-refractivity contribution in [3.63, 3.8) is 0 Å². The number of para-hydroxylation sites is 1. The number of benzene rings is 1. The Morgan fingerprint density at radius 3 is 2.80 bits per heavy atom. The second-order valence-electron chi connectivity index (χ2n) is 4.06. The molecule has 0 aliphatic rings. The summed E-state index contributed by atoms with van der Waals surface area (Å²) >= 11 is 0. The number of nitrogens with zero attached hydrogens (tertiary/aromatic N) is 6. The van der Waals surface area contributed by atoms with Crippen LogP contribution in [0, 0.1) is 0 Å². The molecule has 0 aliphatic carbocycles. The molecule has 0 amide bonds. The largest absolute Gasteiger partial charge is 0.480 e. The molecule has 0 aliphatic heterocycles. The molecule has 0 radical (unpaired) electrons. The van der Waals surface area contributed by atoms with Crippen LogP contribution in [0.25, 0.3) is 17.1 Å². The molecule has 3 aromatic rings. The topological polar surface area (TPSA) is 98.7 Å². The first-order chi connectivity index (χ1) is 9.74. The molecule has 2 aromatic heterocycles. The Morgan fingerprint density at radius 1 is 1.25 bits per heavy atom. The van der Waals surface area contributed by atoms with Gasteiger partial charge < -0.3 is 5.11 Å². The van der Waals surface area contributed by atoms with Gasteiger partial charge in [0, 0.05) is 6.20 Å². The number of carboxylic acids is 1. The molecular formula is C12H10N6O2. The third kappa shape index (κ3) is 2.26. The van der Waals surface area contributed by atoms with Gasteiger partial charge in [-0.25, -0.2) is 9.36 Å². The average Bonchev–Trinajstić information content (AvgIpc) is 3.07. The molecule has 0 spiro atoms. The standard InChI is InChI=1S/C12H10N6O2/c19-11(20)8-18-12(14-15-16-18)9-6-13-17(7-9)10-4-2-1-3-5-10/h1-7H,8H2,(H,19,20). The Labute approximate surface area is 113 Å². The van der Waals surface area contributed by atoms with Crippen LogP contribution in [0.5, 0.6) is 0 Å². The average molecular weight is 270 g/mol. The number of rotatable bonds is 4. The van der Waals surface area contributed by atoms with Crippen LogP contribution in [0.4, 0.5) is 0 Å². The highest BCUT2D eigenvalue weighted by atomic mass is 16.4. The van der Waals surface area contributed by atoms with Crippen LogP contribution in [0.2, 0.25) is 0 Å². The minimum Gasteiger partial charge on any atom is -0.480 e. The summed E-state index contributed by atoms with van der Waals surface area (Å²) in [6, 6.07) is 9.56. The van der Waals surface area contributed by atoms with E-state index in [1.165, 1.54) is 4.68 Å². The molecular weight excluding hydrogens is 260 g/mol. The lowest BCUT2D eigenvalue weighted by Gasteiger charge is -1.99. The summed E-state index contributed by atoms with van der Waals surface area (Å²) in [6.07, 6.45) is 3.34. The lowest BCUT2D eigenvalue weighted by molar-refractivity contribution is -0.137. The van der Waals surface area contributed by atoms with E-state index in [4.69, 9.17) is 5.11 Å². The van der Waals surface area contributed by atoms with Gasteiger partial charge in [-0.05, 0) is 22.6 Å². The first-order valence-corrected chi connectivity index (χ1v) is 5.82. The molecule has 0 fully saturated rings. The van der Waals surface area contributed by atoms with E-state index < -0.39 is 5.97 Å². The summed E-state index contributed by atoms with van der Waals surface area (Å²) in [7, 11) is 0. The smallest absolute Gasteiger partial charge is 0.325 e. The van der Waals surface area contributed by atoms with Gasteiger partial charge in [0.1, 0.15) is 6.54 Å². The van der Waals surface area contributed by atoms with Gasteiger partial charge in [-0.1, -0.05) is 18.2 Å². The van der Waals surface area contributed by atoms with Crippen molar-refractivity contribution >= 4 is 5.97 Å². The van der Waals surface area contributed by atoms with Gasteiger partial charge in [-0.2, -0.15) is 5.10 Å². The summed E-state index contributed by atoms with van der Waals surface area (Å²) in [5.74, 6) is -0.636. The number of carbonyl (C=O) groups is 1. The van der Waals surface area contributed by atoms with E-state index >= 15 is 0 Å². The van der Waals surface area contributed by atoms with Crippen molar-refractivity contribution < 1.29 is 9.90 Å². The van der Waals surface area contributed by atoms with E-state index in [0.29, 0.717) is 11.4 Å². The first-order valence-electron chi connectivity index (χ1n) is 5.82. The summed E-state index contributed by atoms with van der Waals surface area (Å²) in [4.78, 5) is 10.7. The molecule has 0 bridgehead atoms. The molecule has 0 unspecified atom stereocenters. The Kier molecular flexibility index (Phi) is 2.96. The number of hydrogen-bond donors (Lipinski definition) is 1. The third-order valence-corrected chi connectivity index (χ3v) is 2.68. The second-order valence-corrected chi connectivity index (χ2v) is 4.06. The normalized spacial score (nSPS) is 10.6. The number of aliphatic carboxylic acids is 1. The van der Waals surface area contributed by atoms with Crippen molar-refractivity contribution in [2.24, 2.45) is 0 Å². The van der Waals surface area contributed by atoms with Crippen LogP contribution in [0.1, 0.15) is 0 Å². The molecule has 8 nitrogen and oxygen atoms in total. The van der Waals surface area contributed by atoms with Crippen LogP contribution in [0.15, 0.2) is 42.7 Å². The molecule has 0 atom stereocenters. The summed E-state index contributed by atoms with van der Waals surface area (Å²) in [5, 5.41) is 24.0. The monoisotopic (exact) mass is 270 g/mol. The highest BCUT2D eigenvalue weighted by Gasteiger charge is 2.13. The molecule has 1 N–H and O–H groups in total. The zero-order chi connectivity index (χ0) is 13.9. The fraction of sp³-hybridized carbons (Fsp3) is 0.0833. The van der Waals surface area contributed by atoms with Gasteiger partial charge >= 0.3 is 5.97 Å². The molecule has 8 heteroatoms. The van der Waals surface area contributed by atoms with Gasteiger partial charge in [0.15, 0.2) is 5.82 Å². The van der Waals surface area contributed by atoms with Gasteiger partial charge in [0.25, 0.3) is 0 Å². The minimum absolute atomic E-state index is 0.293. The molecule has 2 heterocycles. The van der Waals surface area contributed by atoms with Crippen molar-refractivity contribution in [3.8, 4) is 17.1 Å². The number of carboxylic acid groups (broad SMARTS) is 1. The third-order valence-electron chi connectivity index (χ3n) is 2.68. The van der Waals surface area contributed by atoms with E-state index in [-0.39, 0.29) is 6.54 Å². The maximum Gasteiger partial charge on any atom is 0.325 e. The van der Waals surface area contributed by atoms with E-state index in [0.717, 1.165) is 5.69 Å².